The summed E-state index contributed by atoms with van der Waals surface area (Å²) in [5, 5.41) is 13.0. The van der Waals surface area contributed by atoms with Gasteiger partial charge in [0.1, 0.15) is 12.4 Å². The zero-order chi connectivity index (χ0) is 30.1. The molecule has 3 heterocycles. The minimum absolute atomic E-state index is 0.0574. The van der Waals surface area contributed by atoms with Gasteiger partial charge in [-0.15, -0.1) is 0 Å². The average molecular weight is 599 g/mol. The largest absolute Gasteiger partial charge is 0.462 e. The van der Waals surface area contributed by atoms with Gasteiger partial charge < -0.3 is 19.4 Å². The van der Waals surface area contributed by atoms with Gasteiger partial charge in [-0.3, -0.25) is 4.79 Å². The van der Waals surface area contributed by atoms with E-state index in [0.29, 0.717) is 36.1 Å². The zero-order valence-corrected chi connectivity index (χ0v) is 24.7. The van der Waals surface area contributed by atoms with Gasteiger partial charge in [0, 0.05) is 41.5 Å². The number of nitrogens with zero attached hydrogens (tertiary/aromatic N) is 6. The molecule has 0 radical (unpaired) electrons. The van der Waals surface area contributed by atoms with Gasteiger partial charge in [0.2, 0.25) is 0 Å². The molecule has 2 fully saturated rings. The maximum atomic E-state index is 13.8. The first-order valence-corrected chi connectivity index (χ1v) is 14.8. The lowest BCUT2D eigenvalue weighted by Gasteiger charge is -2.41. The fourth-order valence-corrected chi connectivity index (χ4v) is 6.50. The number of halogens is 2. The Bertz CT molecular complexity index is 1750. The van der Waals surface area contributed by atoms with E-state index in [1.54, 1.807) is 0 Å². The summed E-state index contributed by atoms with van der Waals surface area (Å²) >= 11 is 6.65. The molecule has 2 saturated heterocycles. The van der Waals surface area contributed by atoms with Crippen molar-refractivity contribution in [3.63, 3.8) is 0 Å². The highest BCUT2D eigenvalue weighted by Gasteiger charge is 2.33. The summed E-state index contributed by atoms with van der Waals surface area (Å²) in [5.74, 6) is -1.16. The number of carbonyl (C=O) groups is 1. The van der Waals surface area contributed by atoms with Crippen molar-refractivity contribution < 1.29 is 13.9 Å². The van der Waals surface area contributed by atoms with Crippen LogP contribution in [0.3, 0.4) is 0 Å². The summed E-state index contributed by atoms with van der Waals surface area (Å²) in [6.07, 6.45) is 2.23. The molecule has 0 N–H and O–H groups in total. The monoisotopic (exact) mass is 598 g/mol. The molecule has 0 unspecified atom stereocenters. The van der Waals surface area contributed by atoms with Crippen molar-refractivity contribution in [2.24, 2.45) is 0 Å². The highest BCUT2D eigenvalue weighted by Crippen LogP contribution is 2.37. The van der Waals surface area contributed by atoms with Crippen LogP contribution in [0.1, 0.15) is 19.3 Å². The van der Waals surface area contributed by atoms with Crippen LogP contribution in [0, 0.1) is 11.3 Å². The third kappa shape index (κ3) is 5.73. The third-order valence-corrected chi connectivity index (χ3v) is 8.81. The summed E-state index contributed by atoms with van der Waals surface area (Å²) in [5.41, 5.74) is 2.65. The Morgan fingerprint density at radius 1 is 1.14 bits per heavy atom. The Kier molecular flexibility index (Phi) is 8.15. The maximum absolute atomic E-state index is 13.8. The Labute approximate surface area is 254 Å². The number of anilines is 1. The second-order valence-corrected chi connectivity index (χ2v) is 11.6. The van der Waals surface area contributed by atoms with Crippen LogP contribution in [0.4, 0.5) is 10.2 Å². The van der Waals surface area contributed by atoms with Crippen LogP contribution in [-0.2, 0) is 4.79 Å². The second-order valence-electron chi connectivity index (χ2n) is 11.2. The van der Waals surface area contributed by atoms with Crippen LogP contribution in [0.2, 0.25) is 5.02 Å². The summed E-state index contributed by atoms with van der Waals surface area (Å²) in [4.78, 5) is 27.9. The van der Waals surface area contributed by atoms with Crippen LogP contribution in [0.25, 0.3) is 32.8 Å². The van der Waals surface area contributed by atoms with E-state index in [1.807, 2.05) is 59.5 Å². The third-order valence-electron chi connectivity index (χ3n) is 8.50. The predicted molar refractivity (Wildman–Crippen MR) is 167 cm³/mol. The molecule has 0 saturated carbocycles. The van der Waals surface area contributed by atoms with E-state index in [9.17, 15) is 14.4 Å². The number of benzene rings is 3. The number of nitriles is 1. The molecule has 1 aromatic heterocycles. The minimum atomic E-state index is -1.03. The molecule has 3 aromatic carbocycles. The quantitative estimate of drug-likeness (QED) is 0.242. The van der Waals surface area contributed by atoms with Gasteiger partial charge in [-0.25, -0.2) is 4.39 Å². The number of hydrogen-bond donors (Lipinski definition) is 0. The van der Waals surface area contributed by atoms with E-state index < -0.39 is 17.8 Å². The fourth-order valence-electron chi connectivity index (χ4n) is 6.21. The molecular formula is C33H32ClFN6O2. The number of likely N-dealkylation sites (tertiary alicyclic amines) is 1. The first kappa shape index (κ1) is 28.8. The van der Waals surface area contributed by atoms with Crippen LogP contribution in [0.5, 0.6) is 6.01 Å². The van der Waals surface area contributed by atoms with E-state index in [2.05, 4.69) is 24.6 Å². The van der Waals surface area contributed by atoms with Crippen molar-refractivity contribution in [1.82, 2.24) is 19.8 Å². The van der Waals surface area contributed by atoms with Crippen molar-refractivity contribution in [2.45, 2.75) is 31.3 Å². The van der Waals surface area contributed by atoms with E-state index in [-0.39, 0.29) is 25.0 Å². The van der Waals surface area contributed by atoms with Crippen LogP contribution in [0.15, 0.2) is 67.0 Å². The number of rotatable bonds is 7. The van der Waals surface area contributed by atoms with Crippen LogP contribution in [-0.4, -0.2) is 77.6 Å². The number of hydrogen-bond acceptors (Lipinski definition) is 7. The summed E-state index contributed by atoms with van der Waals surface area (Å²) in [6.45, 7) is 5.61. The van der Waals surface area contributed by atoms with Crippen LogP contribution >= 0.6 is 11.6 Å². The minimum Gasteiger partial charge on any atom is -0.462 e. The summed E-state index contributed by atoms with van der Waals surface area (Å²) < 4.78 is 20.0. The number of carbonyl (C=O) groups excluding carboxylic acids is 1. The molecule has 0 aliphatic carbocycles. The summed E-state index contributed by atoms with van der Waals surface area (Å²) in [6, 6.07) is 20.2. The van der Waals surface area contributed by atoms with Crippen molar-refractivity contribution in [3.8, 4) is 23.2 Å². The fraction of sp³-hybridized carbons (Fsp3) is 0.333. The molecule has 43 heavy (non-hydrogen) atoms. The molecule has 8 nitrogen and oxygen atoms in total. The average Bonchev–Trinajstić information content (AvgIpc) is 3.43. The molecule has 0 spiro atoms. The molecule has 0 bridgehead atoms. The van der Waals surface area contributed by atoms with E-state index in [1.165, 1.54) is 4.90 Å². The van der Waals surface area contributed by atoms with E-state index >= 15 is 0 Å². The molecule has 1 amide bonds. The molecule has 6 rings (SSSR count). The van der Waals surface area contributed by atoms with Crippen molar-refractivity contribution in [1.29, 1.82) is 5.26 Å². The normalized spacial score (nSPS) is 19.1. The smallest absolute Gasteiger partial charge is 0.319 e. The topological polar surface area (TPSA) is 85.6 Å². The lowest BCUT2D eigenvalue weighted by molar-refractivity contribution is -0.131. The van der Waals surface area contributed by atoms with Crippen LogP contribution < -0.4 is 9.64 Å². The van der Waals surface area contributed by atoms with Gasteiger partial charge >= 0.3 is 6.01 Å². The molecule has 220 valence electrons. The highest BCUT2D eigenvalue weighted by atomic mass is 35.5. The van der Waals surface area contributed by atoms with Crippen molar-refractivity contribution in [3.05, 3.63) is 72.0 Å². The molecule has 10 heteroatoms. The van der Waals surface area contributed by atoms with Gasteiger partial charge in [-0.05, 0) is 61.1 Å². The highest BCUT2D eigenvalue weighted by molar-refractivity contribution is 6.36. The van der Waals surface area contributed by atoms with E-state index in [4.69, 9.17) is 26.3 Å². The number of likely N-dealkylation sites (N-methyl/N-ethyl adjacent to an activating group) is 1. The van der Waals surface area contributed by atoms with Gasteiger partial charge in [0.15, 0.2) is 5.83 Å². The molecular weight excluding hydrogens is 567 g/mol. The number of aromatic nitrogens is 2. The maximum Gasteiger partial charge on any atom is 0.319 e. The Balaban J connectivity index is 1.41. The first-order chi connectivity index (χ1) is 20.8. The predicted octanol–water partition coefficient (Wildman–Crippen LogP) is 5.99. The van der Waals surface area contributed by atoms with Gasteiger partial charge in [-0.1, -0.05) is 54.6 Å². The van der Waals surface area contributed by atoms with Gasteiger partial charge in [-0.2, -0.15) is 15.2 Å². The van der Waals surface area contributed by atoms with E-state index in [0.717, 1.165) is 46.7 Å². The van der Waals surface area contributed by atoms with Gasteiger partial charge in [0.25, 0.3) is 5.91 Å². The number of ether oxygens (including phenoxy) is 1. The summed E-state index contributed by atoms with van der Waals surface area (Å²) in [7, 11) is 2.09. The molecule has 2 aliphatic rings. The van der Waals surface area contributed by atoms with Crippen molar-refractivity contribution >= 4 is 45.0 Å². The Morgan fingerprint density at radius 3 is 2.70 bits per heavy atom. The zero-order valence-electron chi connectivity index (χ0n) is 24.0. The lowest BCUT2D eigenvalue weighted by atomic mass is 9.97. The van der Waals surface area contributed by atoms with Gasteiger partial charge in [0.05, 0.1) is 24.0 Å². The molecule has 2 atom stereocenters. The molecule has 4 aromatic rings. The Morgan fingerprint density at radius 2 is 1.95 bits per heavy atom. The number of amides is 1. The Hall–Kier alpha value is -4.26. The number of piperazine rings is 1. The second kappa shape index (κ2) is 12.2. The van der Waals surface area contributed by atoms with Crippen molar-refractivity contribution in [2.75, 3.05) is 44.7 Å². The SMILES string of the molecule is C=C(F)C(=O)N1CCN(c2nc(OC[C@@H]3CCCN3C)nc3cc(-c4cccc5cccc(Cl)c45)ccc23)C[C@@H]1CC#N. The molecule has 2 aliphatic heterocycles. The first-order valence-electron chi connectivity index (χ1n) is 14.4. The lowest BCUT2D eigenvalue weighted by Crippen LogP contribution is -2.55. The number of fused-ring (bicyclic) bond motifs is 2. The standard InChI is InChI=1S/C33H32ClFN6O2/c1-21(35)32(42)41-17-16-40(19-24(41)13-14-36)31-27-12-11-23(26-9-3-6-22-7-4-10-28(34)30(22)26)18-29(27)37-33(38-31)43-20-25-8-5-15-39(25)2/h3-4,6-7,9-12,18,24-25H,1,5,8,13,15-17,19-20H2,2H3/t24-,25-/m0/s1.